The number of rotatable bonds is 2. The number of carbonyl (C=O) groups excluding carboxylic acids is 1. The van der Waals surface area contributed by atoms with Gasteiger partial charge in [-0.15, -0.1) is 0 Å². The summed E-state index contributed by atoms with van der Waals surface area (Å²) in [4.78, 5) is 12.3. The van der Waals surface area contributed by atoms with Crippen molar-refractivity contribution >= 4 is 23.2 Å². The lowest BCUT2D eigenvalue weighted by molar-refractivity contribution is -0.137. The van der Waals surface area contributed by atoms with Gasteiger partial charge in [-0.1, -0.05) is 17.7 Å². The number of halogens is 4. The third-order valence-electron chi connectivity index (χ3n) is 3.71. The van der Waals surface area contributed by atoms with Crippen LogP contribution in [0.5, 0.6) is 5.75 Å². The first-order valence-electron chi connectivity index (χ1n) is 6.66. The first kappa shape index (κ1) is 15.7. The molecule has 7 heteroatoms. The maximum Gasteiger partial charge on any atom is 0.416 e. The van der Waals surface area contributed by atoms with Crippen molar-refractivity contribution in [3.8, 4) is 5.75 Å². The summed E-state index contributed by atoms with van der Waals surface area (Å²) >= 11 is 5.98. The Balaban J connectivity index is 2.12. The fraction of sp³-hybridized carbons (Fsp3) is 0.188. The zero-order valence-corrected chi connectivity index (χ0v) is 12.6. The van der Waals surface area contributed by atoms with E-state index in [1.807, 2.05) is 0 Å². The average molecular weight is 342 g/mol. The molecule has 1 aliphatic rings. The third-order valence-corrected chi connectivity index (χ3v) is 3.95. The number of amides is 1. The Bertz CT molecular complexity index is 789. The second kappa shape index (κ2) is 5.45. The zero-order valence-electron chi connectivity index (χ0n) is 11.9. The van der Waals surface area contributed by atoms with Crippen LogP contribution in [0.25, 0.3) is 0 Å². The SMILES string of the molecule is COc1ccc(Cl)cc1C1C(=O)Nc2cc(C(F)(F)F)ccc21. The molecule has 0 aliphatic carbocycles. The van der Waals surface area contributed by atoms with E-state index in [0.717, 1.165) is 12.1 Å². The highest BCUT2D eigenvalue weighted by Crippen LogP contribution is 2.43. The molecule has 1 N–H and O–H groups in total. The van der Waals surface area contributed by atoms with Crippen molar-refractivity contribution in [1.29, 1.82) is 0 Å². The molecule has 1 unspecified atom stereocenters. The number of benzene rings is 2. The van der Waals surface area contributed by atoms with E-state index in [-0.39, 0.29) is 5.69 Å². The summed E-state index contributed by atoms with van der Waals surface area (Å²) in [7, 11) is 1.45. The summed E-state index contributed by atoms with van der Waals surface area (Å²) in [6.07, 6.45) is -4.47. The normalized spacial score (nSPS) is 16.9. The van der Waals surface area contributed by atoms with Gasteiger partial charge in [0.05, 0.1) is 18.6 Å². The Morgan fingerprint density at radius 3 is 2.52 bits per heavy atom. The molecule has 0 saturated carbocycles. The molecule has 2 aromatic rings. The number of carbonyl (C=O) groups is 1. The monoisotopic (exact) mass is 341 g/mol. The van der Waals surface area contributed by atoms with Gasteiger partial charge < -0.3 is 10.1 Å². The second-order valence-corrected chi connectivity index (χ2v) is 5.54. The van der Waals surface area contributed by atoms with E-state index in [4.69, 9.17) is 16.3 Å². The van der Waals surface area contributed by atoms with Crippen LogP contribution in [-0.2, 0) is 11.0 Å². The highest BCUT2D eigenvalue weighted by molar-refractivity contribution is 6.30. The maximum atomic E-state index is 12.8. The van der Waals surface area contributed by atoms with Crippen LogP contribution in [0, 0.1) is 0 Å². The van der Waals surface area contributed by atoms with Gasteiger partial charge in [-0.05, 0) is 35.9 Å². The number of fused-ring (bicyclic) bond motifs is 1. The molecule has 0 bridgehead atoms. The molecule has 2 aromatic carbocycles. The van der Waals surface area contributed by atoms with Crippen molar-refractivity contribution in [2.24, 2.45) is 0 Å². The maximum absolute atomic E-state index is 12.8. The van der Waals surface area contributed by atoms with E-state index in [2.05, 4.69) is 5.32 Å². The summed E-state index contributed by atoms with van der Waals surface area (Å²) in [5.74, 6) is -0.733. The number of hydrogen-bond acceptors (Lipinski definition) is 2. The summed E-state index contributed by atoms with van der Waals surface area (Å²) < 4.78 is 43.6. The van der Waals surface area contributed by atoms with Crippen molar-refractivity contribution in [2.45, 2.75) is 12.1 Å². The van der Waals surface area contributed by atoms with Crippen LogP contribution in [0.1, 0.15) is 22.6 Å². The molecule has 0 radical (unpaired) electrons. The second-order valence-electron chi connectivity index (χ2n) is 5.11. The van der Waals surface area contributed by atoms with Crippen molar-refractivity contribution in [2.75, 3.05) is 12.4 Å². The zero-order chi connectivity index (χ0) is 16.8. The number of methoxy groups -OCH3 is 1. The molecule has 3 nitrogen and oxygen atoms in total. The van der Waals surface area contributed by atoms with Gasteiger partial charge >= 0.3 is 6.18 Å². The topological polar surface area (TPSA) is 38.3 Å². The van der Waals surface area contributed by atoms with Gasteiger partial charge in [0.1, 0.15) is 5.75 Å². The summed E-state index contributed by atoms with van der Waals surface area (Å²) in [5.41, 5.74) is 0.312. The lowest BCUT2D eigenvalue weighted by Crippen LogP contribution is -2.14. The lowest BCUT2D eigenvalue weighted by Gasteiger charge is -2.15. The first-order valence-corrected chi connectivity index (χ1v) is 7.04. The van der Waals surface area contributed by atoms with Crippen LogP contribution in [0.4, 0.5) is 18.9 Å². The van der Waals surface area contributed by atoms with Crippen LogP contribution < -0.4 is 10.1 Å². The molecule has 1 atom stereocenters. The van der Waals surface area contributed by atoms with Gasteiger partial charge in [-0.25, -0.2) is 0 Å². The number of nitrogens with one attached hydrogen (secondary N) is 1. The predicted octanol–water partition coefficient (Wildman–Crippen LogP) is 4.45. The van der Waals surface area contributed by atoms with Gasteiger partial charge in [0.25, 0.3) is 0 Å². The molecule has 23 heavy (non-hydrogen) atoms. The Morgan fingerprint density at radius 2 is 1.87 bits per heavy atom. The minimum absolute atomic E-state index is 0.150. The van der Waals surface area contributed by atoms with Gasteiger partial charge in [0, 0.05) is 16.3 Å². The van der Waals surface area contributed by atoms with E-state index in [9.17, 15) is 18.0 Å². The number of hydrogen-bond donors (Lipinski definition) is 1. The fourth-order valence-electron chi connectivity index (χ4n) is 2.68. The Labute approximate surface area is 135 Å². The molecule has 1 amide bonds. The molecular formula is C16H11ClF3NO2. The molecule has 0 aromatic heterocycles. The summed E-state index contributed by atoms with van der Waals surface area (Å²) in [5, 5.41) is 2.90. The van der Waals surface area contributed by atoms with E-state index in [1.165, 1.54) is 13.2 Å². The first-order chi connectivity index (χ1) is 10.8. The fourth-order valence-corrected chi connectivity index (χ4v) is 2.86. The molecule has 3 rings (SSSR count). The van der Waals surface area contributed by atoms with E-state index in [1.54, 1.807) is 18.2 Å². The number of ether oxygens (including phenoxy) is 1. The van der Waals surface area contributed by atoms with Crippen LogP contribution in [0.15, 0.2) is 36.4 Å². The van der Waals surface area contributed by atoms with Crippen molar-refractivity contribution in [1.82, 2.24) is 0 Å². The lowest BCUT2D eigenvalue weighted by atomic mass is 9.91. The summed E-state index contributed by atoms with van der Waals surface area (Å²) in [6.45, 7) is 0. The Morgan fingerprint density at radius 1 is 1.13 bits per heavy atom. The van der Waals surface area contributed by atoms with Crippen LogP contribution in [-0.4, -0.2) is 13.0 Å². The van der Waals surface area contributed by atoms with Crippen molar-refractivity contribution in [3.05, 3.63) is 58.1 Å². The van der Waals surface area contributed by atoms with Gasteiger partial charge in [0.2, 0.25) is 5.91 Å². The molecule has 0 fully saturated rings. The molecular weight excluding hydrogens is 331 g/mol. The van der Waals surface area contributed by atoms with Crippen LogP contribution in [0.2, 0.25) is 5.02 Å². The number of anilines is 1. The highest BCUT2D eigenvalue weighted by Gasteiger charge is 2.37. The molecule has 0 spiro atoms. The van der Waals surface area contributed by atoms with Gasteiger partial charge in [0.15, 0.2) is 0 Å². The largest absolute Gasteiger partial charge is 0.496 e. The van der Waals surface area contributed by atoms with Gasteiger partial charge in [-0.2, -0.15) is 13.2 Å². The molecule has 1 aliphatic heterocycles. The molecule has 120 valence electrons. The smallest absolute Gasteiger partial charge is 0.416 e. The minimum Gasteiger partial charge on any atom is -0.496 e. The van der Waals surface area contributed by atoms with Crippen molar-refractivity contribution < 1.29 is 22.7 Å². The third kappa shape index (κ3) is 2.74. The molecule has 1 heterocycles. The van der Waals surface area contributed by atoms with Gasteiger partial charge in [-0.3, -0.25) is 4.79 Å². The van der Waals surface area contributed by atoms with E-state index in [0.29, 0.717) is 21.9 Å². The molecule has 0 saturated heterocycles. The average Bonchev–Trinajstić information content (AvgIpc) is 2.81. The quantitative estimate of drug-likeness (QED) is 0.876. The highest BCUT2D eigenvalue weighted by atomic mass is 35.5. The van der Waals surface area contributed by atoms with E-state index >= 15 is 0 Å². The Hall–Kier alpha value is -2.21. The van der Waals surface area contributed by atoms with Crippen LogP contribution in [0.3, 0.4) is 0 Å². The van der Waals surface area contributed by atoms with Crippen LogP contribution >= 0.6 is 11.6 Å². The predicted molar refractivity (Wildman–Crippen MR) is 79.9 cm³/mol. The summed E-state index contributed by atoms with van der Waals surface area (Å²) in [6, 6.07) is 8.02. The minimum atomic E-state index is -4.47. The number of alkyl halides is 3. The Kier molecular flexibility index (Phi) is 3.72. The standard InChI is InChI=1S/C16H11ClF3NO2/c1-23-13-5-3-9(17)7-11(13)14-10-4-2-8(16(18,19)20)6-12(10)21-15(14)22/h2-7,14H,1H3,(H,21,22). The van der Waals surface area contributed by atoms with E-state index < -0.39 is 23.6 Å². The van der Waals surface area contributed by atoms with Crippen molar-refractivity contribution in [3.63, 3.8) is 0 Å².